The molecule has 0 saturated carbocycles. The first-order valence-corrected chi connectivity index (χ1v) is 11.4. The number of fused-ring (bicyclic) bond motifs is 1. The van der Waals surface area contributed by atoms with E-state index in [-0.39, 0.29) is 29.2 Å². The van der Waals surface area contributed by atoms with Crippen LogP contribution in [0.25, 0.3) is 16.7 Å². The summed E-state index contributed by atoms with van der Waals surface area (Å²) in [7, 11) is 3.33. The summed E-state index contributed by atoms with van der Waals surface area (Å²) < 4.78 is 12.9. The second kappa shape index (κ2) is 8.67. The van der Waals surface area contributed by atoms with Crippen LogP contribution in [0.15, 0.2) is 71.0 Å². The van der Waals surface area contributed by atoms with Gasteiger partial charge in [-0.25, -0.2) is 0 Å². The number of nitrogens with zero attached hydrogens (tertiary/aromatic N) is 2. The molecule has 7 nitrogen and oxygen atoms in total. The molecule has 1 aliphatic rings. The number of para-hydroxylation sites is 1. The molecular formula is C27H23ClN2O5. The third-order valence-electron chi connectivity index (χ3n) is 6.32. The molecule has 4 aromatic rings. The zero-order chi connectivity index (χ0) is 24.9. The minimum atomic E-state index is -0.852. The third kappa shape index (κ3) is 3.68. The number of hydrogen-bond acceptors (Lipinski definition) is 5. The zero-order valence-corrected chi connectivity index (χ0v) is 20.2. The fourth-order valence-electron chi connectivity index (χ4n) is 4.79. The number of aliphatic hydroxyl groups excluding tert-OH is 1. The second-order valence-corrected chi connectivity index (χ2v) is 8.95. The van der Waals surface area contributed by atoms with Crippen molar-refractivity contribution >= 4 is 40.0 Å². The maximum Gasteiger partial charge on any atom is 0.296 e. The van der Waals surface area contributed by atoms with Crippen LogP contribution in [0.1, 0.15) is 28.5 Å². The molecule has 0 spiro atoms. The van der Waals surface area contributed by atoms with Gasteiger partial charge in [-0.05, 0) is 42.8 Å². The summed E-state index contributed by atoms with van der Waals surface area (Å²) in [6, 6.07) is 13.7. The van der Waals surface area contributed by atoms with Crippen LogP contribution >= 0.6 is 11.6 Å². The number of carbonyl (C=O) groups excluding carboxylic acids is 2. The quantitative estimate of drug-likeness (QED) is 0.231. The summed E-state index contributed by atoms with van der Waals surface area (Å²) in [5.74, 6) is -1.10. The molecule has 1 atom stereocenters. The minimum Gasteiger partial charge on any atom is -0.507 e. The van der Waals surface area contributed by atoms with Crippen LogP contribution < -0.4 is 4.74 Å². The Morgan fingerprint density at radius 1 is 1.17 bits per heavy atom. The van der Waals surface area contributed by atoms with Gasteiger partial charge < -0.3 is 23.7 Å². The van der Waals surface area contributed by atoms with Crippen LogP contribution in [0.4, 0.5) is 0 Å². The number of carbonyl (C=O) groups is 2. The topological polar surface area (TPSA) is 84.9 Å². The molecule has 0 radical (unpaired) electrons. The van der Waals surface area contributed by atoms with E-state index in [1.807, 2.05) is 49.0 Å². The van der Waals surface area contributed by atoms with Crippen molar-refractivity contribution in [2.24, 2.45) is 7.05 Å². The highest BCUT2D eigenvalue weighted by Gasteiger charge is 2.47. The molecule has 0 aliphatic carbocycles. The number of benzene rings is 2. The fourth-order valence-corrected chi connectivity index (χ4v) is 5.14. The highest BCUT2D eigenvalue weighted by atomic mass is 35.5. The fraction of sp³-hybridized carbons (Fsp3) is 0.185. The van der Waals surface area contributed by atoms with E-state index in [2.05, 4.69) is 0 Å². The van der Waals surface area contributed by atoms with Gasteiger partial charge in [0.25, 0.3) is 11.7 Å². The van der Waals surface area contributed by atoms with Crippen molar-refractivity contribution in [2.45, 2.75) is 19.5 Å². The average Bonchev–Trinajstić information content (AvgIpc) is 3.53. The number of methoxy groups -OCH3 is 1. The first kappa shape index (κ1) is 22.8. The Hall–Kier alpha value is -3.97. The summed E-state index contributed by atoms with van der Waals surface area (Å²) in [6.07, 6.45) is 3.39. The number of ketones is 1. The number of halogens is 1. The number of likely N-dealkylation sites (tertiary alicyclic amines) is 1. The molecular weight excluding hydrogens is 468 g/mol. The molecule has 1 N–H and O–H groups in total. The predicted octanol–water partition coefficient (Wildman–Crippen LogP) is 5.36. The summed E-state index contributed by atoms with van der Waals surface area (Å²) in [5.41, 5.74) is 2.64. The minimum absolute atomic E-state index is 0.0297. The summed E-state index contributed by atoms with van der Waals surface area (Å²) >= 11 is 6.37. The normalized spacial score (nSPS) is 17.5. The third-order valence-corrected chi connectivity index (χ3v) is 6.60. The number of ether oxygens (including phenoxy) is 1. The van der Waals surface area contributed by atoms with Crippen LogP contribution in [0, 0.1) is 6.92 Å². The number of hydrogen-bond donors (Lipinski definition) is 1. The summed E-state index contributed by atoms with van der Waals surface area (Å²) in [6.45, 7) is 1.88. The van der Waals surface area contributed by atoms with Crippen LogP contribution in [0.2, 0.25) is 5.02 Å². The van der Waals surface area contributed by atoms with E-state index in [1.54, 1.807) is 24.3 Å². The molecule has 1 aliphatic heterocycles. The lowest BCUT2D eigenvalue weighted by molar-refractivity contribution is -0.140. The monoisotopic (exact) mass is 490 g/mol. The number of furan rings is 1. The standard InChI is InChI=1S/C27H23ClN2O5/c1-15-11-18(26(34-3)20(28)12-15)24(31)22-23(19-14-29(2)21-9-5-4-8-17(19)21)30(27(33)25(22)32)13-16-7-6-10-35-16/h4-12,14,23,31H,13H2,1-3H3/b24-22+. The molecule has 8 heteroatoms. The van der Waals surface area contributed by atoms with Crippen molar-refractivity contribution in [3.05, 3.63) is 94.0 Å². The maximum absolute atomic E-state index is 13.4. The van der Waals surface area contributed by atoms with Gasteiger partial charge in [0.2, 0.25) is 0 Å². The van der Waals surface area contributed by atoms with Crippen molar-refractivity contribution < 1.29 is 23.8 Å². The molecule has 1 unspecified atom stereocenters. The molecule has 1 amide bonds. The number of Topliss-reactive ketones (excluding diaryl/α,β-unsaturated/α-hetero) is 1. The predicted molar refractivity (Wildman–Crippen MR) is 132 cm³/mol. The van der Waals surface area contributed by atoms with Gasteiger partial charge in [0, 0.05) is 29.7 Å². The highest BCUT2D eigenvalue weighted by Crippen LogP contribution is 2.45. The summed E-state index contributed by atoms with van der Waals surface area (Å²) in [4.78, 5) is 28.2. The first-order chi connectivity index (χ1) is 16.8. The molecule has 0 bridgehead atoms. The second-order valence-electron chi connectivity index (χ2n) is 8.55. The van der Waals surface area contributed by atoms with Crippen molar-refractivity contribution in [1.82, 2.24) is 9.47 Å². The lowest BCUT2D eigenvalue weighted by Gasteiger charge is -2.24. The van der Waals surface area contributed by atoms with Gasteiger partial charge in [0.1, 0.15) is 17.3 Å². The number of amides is 1. The highest BCUT2D eigenvalue weighted by molar-refractivity contribution is 6.46. The Labute approximate surface area is 206 Å². The van der Waals surface area contributed by atoms with Gasteiger partial charge in [-0.3, -0.25) is 9.59 Å². The van der Waals surface area contributed by atoms with Crippen LogP contribution in [-0.2, 0) is 23.2 Å². The van der Waals surface area contributed by atoms with E-state index >= 15 is 0 Å². The smallest absolute Gasteiger partial charge is 0.296 e. The van der Waals surface area contributed by atoms with E-state index in [1.165, 1.54) is 18.3 Å². The van der Waals surface area contributed by atoms with E-state index < -0.39 is 17.7 Å². The van der Waals surface area contributed by atoms with E-state index in [0.717, 1.165) is 16.5 Å². The average molecular weight is 491 g/mol. The number of aromatic nitrogens is 1. The van der Waals surface area contributed by atoms with Crippen LogP contribution in [0.3, 0.4) is 0 Å². The van der Waals surface area contributed by atoms with E-state index in [4.69, 9.17) is 20.8 Å². The summed E-state index contributed by atoms with van der Waals surface area (Å²) in [5, 5.41) is 12.7. The van der Waals surface area contributed by atoms with Gasteiger partial charge in [-0.2, -0.15) is 0 Å². The molecule has 1 saturated heterocycles. The van der Waals surface area contributed by atoms with Gasteiger partial charge in [0.15, 0.2) is 0 Å². The Balaban J connectivity index is 1.79. The van der Waals surface area contributed by atoms with Crippen molar-refractivity contribution in [3.8, 4) is 5.75 Å². The van der Waals surface area contributed by atoms with Crippen molar-refractivity contribution in [1.29, 1.82) is 0 Å². The maximum atomic E-state index is 13.4. The van der Waals surface area contributed by atoms with Gasteiger partial charge in [-0.1, -0.05) is 29.8 Å². The lowest BCUT2D eigenvalue weighted by Crippen LogP contribution is -2.29. The van der Waals surface area contributed by atoms with Gasteiger partial charge in [-0.15, -0.1) is 0 Å². The van der Waals surface area contributed by atoms with E-state index in [0.29, 0.717) is 16.3 Å². The Kier molecular flexibility index (Phi) is 5.65. The molecule has 35 heavy (non-hydrogen) atoms. The Morgan fingerprint density at radius 2 is 1.94 bits per heavy atom. The molecule has 5 rings (SSSR count). The molecule has 1 fully saturated rings. The van der Waals surface area contributed by atoms with Gasteiger partial charge in [0.05, 0.1) is 42.1 Å². The SMILES string of the molecule is COc1c(Cl)cc(C)cc1/C(O)=C1\C(=O)C(=O)N(Cc2ccco2)C1c1cn(C)c2ccccc12. The lowest BCUT2D eigenvalue weighted by atomic mass is 9.94. The molecule has 2 aromatic carbocycles. The number of rotatable bonds is 5. The Morgan fingerprint density at radius 3 is 2.66 bits per heavy atom. The molecule has 3 heterocycles. The van der Waals surface area contributed by atoms with E-state index in [9.17, 15) is 14.7 Å². The Bertz CT molecular complexity index is 1500. The molecule has 2 aromatic heterocycles. The zero-order valence-electron chi connectivity index (χ0n) is 19.4. The van der Waals surface area contributed by atoms with Crippen LogP contribution in [0.5, 0.6) is 5.75 Å². The van der Waals surface area contributed by atoms with Crippen molar-refractivity contribution in [2.75, 3.05) is 7.11 Å². The van der Waals surface area contributed by atoms with Crippen LogP contribution in [-0.4, -0.2) is 33.4 Å². The number of aryl methyl sites for hydroxylation is 2. The van der Waals surface area contributed by atoms with Crippen molar-refractivity contribution in [3.63, 3.8) is 0 Å². The molecule has 178 valence electrons. The largest absolute Gasteiger partial charge is 0.507 e. The van der Waals surface area contributed by atoms with Gasteiger partial charge >= 0.3 is 0 Å². The number of aliphatic hydroxyl groups is 1. The first-order valence-electron chi connectivity index (χ1n) is 11.0.